The van der Waals surface area contributed by atoms with Crippen LogP contribution in [0, 0.1) is 18.7 Å². The Kier molecular flexibility index (Phi) is 9.95. The van der Waals surface area contributed by atoms with Gasteiger partial charge in [0, 0.05) is 50.4 Å². The molecule has 1 amide bonds. The van der Waals surface area contributed by atoms with Crippen LogP contribution in [-0.2, 0) is 16.9 Å². The highest BCUT2D eigenvalue weighted by Crippen LogP contribution is 2.45. The minimum atomic E-state index is -1.36. The third-order valence-electron chi connectivity index (χ3n) is 8.03. The number of aliphatic hydroxyl groups is 1. The Labute approximate surface area is 236 Å². The van der Waals surface area contributed by atoms with Crippen LogP contribution in [0.3, 0.4) is 0 Å². The molecule has 3 aromatic rings. The van der Waals surface area contributed by atoms with Gasteiger partial charge in [0.1, 0.15) is 11.6 Å². The predicted molar refractivity (Wildman–Crippen MR) is 156 cm³/mol. The number of rotatable bonds is 11. The lowest BCUT2D eigenvalue weighted by molar-refractivity contribution is -0.0575. The number of piperidine rings is 1. The summed E-state index contributed by atoms with van der Waals surface area (Å²) in [4.78, 5) is 15.3. The molecule has 40 heavy (non-hydrogen) atoms. The molecule has 0 bridgehead atoms. The monoisotopic (exact) mass is 548 g/mol. The molecule has 214 valence electrons. The van der Waals surface area contributed by atoms with Crippen LogP contribution in [0.15, 0.2) is 60.7 Å². The highest BCUT2D eigenvalue weighted by Gasteiger charge is 2.43. The molecule has 0 aliphatic carbocycles. The smallest absolute Gasteiger partial charge is 0.253 e. The molecule has 0 saturated carbocycles. The topological polar surface area (TPSA) is 85.0 Å². The summed E-state index contributed by atoms with van der Waals surface area (Å²) >= 11 is 0. The number of halogens is 1. The van der Waals surface area contributed by atoms with Crippen molar-refractivity contribution in [3.05, 3.63) is 88.7 Å². The summed E-state index contributed by atoms with van der Waals surface area (Å²) in [5, 5.41) is 12.6. The maximum absolute atomic E-state index is 15.7. The molecule has 0 radical (unpaired) electrons. The molecule has 2 atom stereocenters. The summed E-state index contributed by atoms with van der Waals surface area (Å²) < 4.78 is 26.4. The number of hydrogen-bond donors (Lipinski definition) is 2. The molecule has 4 rings (SSSR count). The first-order valence-corrected chi connectivity index (χ1v) is 14.1. The molecule has 0 spiro atoms. The average molecular weight is 549 g/mol. The Bertz CT molecular complexity index is 1300. The highest BCUT2D eigenvalue weighted by molar-refractivity contribution is 5.94. The first kappa shape index (κ1) is 29.7. The van der Waals surface area contributed by atoms with E-state index < -0.39 is 11.4 Å². The standard InChI is InChI=1S/C33H41FN2O4/c1-23-18-26(20-28(19-23)40-3)31-29(9-6-10-30(31)34)33(38,15-4-5-17-39-2)27-8-7-16-36(22-27)32(37)25-13-11-24(21-35)12-14-25/h6,9-14,18-20,27,38H,4-5,7-8,15-17,21-22,35H2,1-3H3/t27-,33?/m1/s1. The number of ether oxygens (including phenoxy) is 2. The van der Waals surface area contributed by atoms with Gasteiger partial charge in [-0.1, -0.05) is 30.3 Å². The van der Waals surface area contributed by atoms with Crippen molar-refractivity contribution >= 4 is 5.91 Å². The van der Waals surface area contributed by atoms with Gasteiger partial charge >= 0.3 is 0 Å². The molecule has 1 heterocycles. The normalized spacial score (nSPS) is 16.9. The van der Waals surface area contributed by atoms with E-state index in [2.05, 4.69) is 0 Å². The fraction of sp³-hybridized carbons (Fsp3) is 0.424. The second-order valence-corrected chi connectivity index (χ2v) is 10.8. The number of amides is 1. The van der Waals surface area contributed by atoms with Crippen molar-refractivity contribution in [3.63, 3.8) is 0 Å². The first-order valence-electron chi connectivity index (χ1n) is 14.1. The predicted octanol–water partition coefficient (Wildman–Crippen LogP) is 5.83. The van der Waals surface area contributed by atoms with Gasteiger partial charge in [0.15, 0.2) is 0 Å². The zero-order chi connectivity index (χ0) is 28.7. The Morgan fingerprint density at radius 3 is 2.60 bits per heavy atom. The lowest BCUT2D eigenvalue weighted by Gasteiger charge is -2.43. The van der Waals surface area contributed by atoms with Gasteiger partial charge in [-0.2, -0.15) is 0 Å². The van der Waals surface area contributed by atoms with Gasteiger partial charge in [-0.05, 0) is 91.6 Å². The number of likely N-dealkylation sites (tertiary alicyclic amines) is 1. The first-order chi connectivity index (χ1) is 19.3. The molecule has 3 N–H and O–H groups in total. The van der Waals surface area contributed by atoms with Gasteiger partial charge in [-0.25, -0.2) is 4.39 Å². The minimum Gasteiger partial charge on any atom is -0.497 e. The molecule has 1 aliphatic rings. The second-order valence-electron chi connectivity index (χ2n) is 10.8. The summed E-state index contributed by atoms with van der Waals surface area (Å²) in [6.45, 7) is 3.92. The average Bonchev–Trinajstić information content (AvgIpc) is 2.98. The van der Waals surface area contributed by atoms with Crippen LogP contribution in [-0.4, -0.2) is 49.8 Å². The Morgan fingerprint density at radius 2 is 1.90 bits per heavy atom. The molecule has 7 heteroatoms. The minimum absolute atomic E-state index is 0.0714. The number of benzene rings is 3. The van der Waals surface area contributed by atoms with E-state index in [4.69, 9.17) is 15.2 Å². The Balaban J connectivity index is 1.73. The van der Waals surface area contributed by atoms with E-state index in [-0.39, 0.29) is 11.8 Å². The van der Waals surface area contributed by atoms with Gasteiger partial charge in [-0.15, -0.1) is 0 Å². The Hall–Kier alpha value is -3.26. The molecule has 6 nitrogen and oxygen atoms in total. The molecule has 3 aromatic carbocycles. The van der Waals surface area contributed by atoms with E-state index >= 15 is 4.39 Å². The van der Waals surface area contributed by atoms with E-state index in [1.54, 1.807) is 32.4 Å². The maximum atomic E-state index is 15.7. The van der Waals surface area contributed by atoms with Crippen LogP contribution in [0.2, 0.25) is 0 Å². The largest absolute Gasteiger partial charge is 0.497 e. The fourth-order valence-corrected chi connectivity index (χ4v) is 5.91. The quantitative estimate of drug-likeness (QED) is 0.295. The van der Waals surface area contributed by atoms with Gasteiger partial charge in [-0.3, -0.25) is 4.79 Å². The van der Waals surface area contributed by atoms with Crippen molar-refractivity contribution in [2.24, 2.45) is 11.7 Å². The van der Waals surface area contributed by atoms with Crippen LogP contribution in [0.25, 0.3) is 11.1 Å². The zero-order valence-electron chi connectivity index (χ0n) is 23.8. The molecule has 1 saturated heterocycles. The Morgan fingerprint density at radius 1 is 1.12 bits per heavy atom. The number of methoxy groups -OCH3 is 2. The highest BCUT2D eigenvalue weighted by atomic mass is 19.1. The second kappa shape index (κ2) is 13.4. The zero-order valence-corrected chi connectivity index (χ0v) is 23.8. The molecular formula is C33H41FN2O4. The van der Waals surface area contributed by atoms with E-state index in [0.29, 0.717) is 67.1 Å². The van der Waals surface area contributed by atoms with Gasteiger partial charge in [0.25, 0.3) is 5.91 Å². The third-order valence-corrected chi connectivity index (χ3v) is 8.03. The van der Waals surface area contributed by atoms with Crippen LogP contribution in [0.5, 0.6) is 5.75 Å². The number of nitrogens with two attached hydrogens (primary N) is 1. The number of hydrogen-bond acceptors (Lipinski definition) is 5. The number of carbonyl (C=O) groups excluding carboxylic acids is 1. The molecular weight excluding hydrogens is 507 g/mol. The van der Waals surface area contributed by atoms with Crippen molar-refractivity contribution in [2.45, 2.75) is 51.2 Å². The lowest BCUT2D eigenvalue weighted by atomic mass is 9.72. The molecule has 1 aliphatic heterocycles. The summed E-state index contributed by atoms with van der Waals surface area (Å²) in [5.74, 6) is -0.117. The molecule has 1 fully saturated rings. The molecule has 0 aromatic heterocycles. The number of nitrogens with zero attached hydrogens (tertiary/aromatic N) is 1. The SMILES string of the molecule is COCCCCC(O)(c1cccc(F)c1-c1cc(C)cc(OC)c1)[C@@H]1CCCN(C(=O)c2ccc(CN)cc2)C1. The van der Waals surface area contributed by atoms with Crippen LogP contribution in [0.4, 0.5) is 4.39 Å². The van der Waals surface area contributed by atoms with Gasteiger partial charge < -0.3 is 25.2 Å². The van der Waals surface area contributed by atoms with Crippen molar-refractivity contribution in [1.82, 2.24) is 4.90 Å². The summed E-state index contributed by atoms with van der Waals surface area (Å²) in [7, 11) is 3.25. The van der Waals surface area contributed by atoms with Gasteiger partial charge in [0.2, 0.25) is 0 Å². The lowest BCUT2D eigenvalue weighted by Crippen LogP contribution is -2.48. The number of aryl methyl sites for hydroxylation is 1. The van der Waals surface area contributed by atoms with Crippen LogP contribution >= 0.6 is 0 Å². The number of carbonyl (C=O) groups is 1. The number of unbranched alkanes of at least 4 members (excludes halogenated alkanes) is 1. The molecule has 1 unspecified atom stereocenters. The van der Waals surface area contributed by atoms with Crippen molar-refractivity contribution in [2.75, 3.05) is 33.9 Å². The summed E-state index contributed by atoms with van der Waals surface area (Å²) in [6.07, 6.45) is 3.37. The van der Waals surface area contributed by atoms with Crippen molar-refractivity contribution < 1.29 is 23.8 Å². The summed E-state index contributed by atoms with van der Waals surface area (Å²) in [6, 6.07) is 17.9. The van der Waals surface area contributed by atoms with E-state index in [1.165, 1.54) is 6.07 Å². The van der Waals surface area contributed by atoms with Crippen molar-refractivity contribution in [1.29, 1.82) is 0 Å². The van der Waals surface area contributed by atoms with Crippen LogP contribution < -0.4 is 10.5 Å². The fourth-order valence-electron chi connectivity index (χ4n) is 5.91. The third kappa shape index (κ3) is 6.54. The summed E-state index contributed by atoms with van der Waals surface area (Å²) in [5.41, 5.74) is 8.44. The van der Waals surface area contributed by atoms with E-state index in [9.17, 15) is 9.90 Å². The van der Waals surface area contributed by atoms with Crippen LogP contribution in [0.1, 0.15) is 59.2 Å². The van der Waals surface area contributed by atoms with E-state index in [1.807, 2.05) is 48.2 Å². The maximum Gasteiger partial charge on any atom is 0.253 e. The van der Waals surface area contributed by atoms with E-state index in [0.717, 1.165) is 30.4 Å². The van der Waals surface area contributed by atoms with Crippen molar-refractivity contribution in [3.8, 4) is 16.9 Å². The van der Waals surface area contributed by atoms with Gasteiger partial charge in [0.05, 0.1) is 12.7 Å².